The van der Waals surface area contributed by atoms with Crippen LogP contribution in [0, 0.1) is 11.7 Å². The number of fused-ring (bicyclic) bond motifs is 1. The molecule has 1 N–H and O–H groups in total. The van der Waals surface area contributed by atoms with Gasteiger partial charge in [0.25, 0.3) is 0 Å². The van der Waals surface area contributed by atoms with Crippen LogP contribution >= 0.6 is 0 Å². The molecule has 3 rings (SSSR count). The zero-order chi connectivity index (χ0) is 16.4. The molecule has 0 aromatic heterocycles. The third kappa shape index (κ3) is 3.37. The molecule has 0 saturated carbocycles. The first-order valence-electron chi connectivity index (χ1n) is 8.04. The van der Waals surface area contributed by atoms with Crippen LogP contribution in [0.15, 0.2) is 18.2 Å². The fourth-order valence-electron chi connectivity index (χ4n) is 3.29. The van der Waals surface area contributed by atoms with Gasteiger partial charge >= 0.3 is 0 Å². The Labute approximate surface area is 134 Å². The zero-order valence-corrected chi connectivity index (χ0v) is 13.2. The van der Waals surface area contributed by atoms with E-state index in [-0.39, 0.29) is 18.2 Å². The van der Waals surface area contributed by atoms with Crippen LogP contribution in [0.5, 0.6) is 0 Å². The minimum absolute atomic E-state index is 0.0675. The topological polar surface area (TPSA) is 58.6 Å². The quantitative estimate of drug-likeness (QED) is 0.924. The van der Waals surface area contributed by atoms with E-state index in [1.54, 1.807) is 11.0 Å². The monoisotopic (exact) mass is 320 g/mol. The molecule has 2 atom stereocenters. The second-order valence-electron chi connectivity index (χ2n) is 6.14. The van der Waals surface area contributed by atoms with E-state index < -0.39 is 11.7 Å². The molecular formula is C17H21FN2O3. The molecule has 2 aliphatic heterocycles. The maximum Gasteiger partial charge on any atom is 0.230 e. The predicted molar refractivity (Wildman–Crippen MR) is 83.6 cm³/mol. The molecule has 0 unspecified atom stereocenters. The Balaban J connectivity index is 1.81. The van der Waals surface area contributed by atoms with Crippen molar-refractivity contribution in [3.8, 4) is 0 Å². The summed E-state index contributed by atoms with van der Waals surface area (Å²) in [4.78, 5) is 26.6. The number of halogens is 1. The van der Waals surface area contributed by atoms with Crippen LogP contribution in [0.25, 0.3) is 0 Å². The Morgan fingerprint density at radius 3 is 3.00 bits per heavy atom. The van der Waals surface area contributed by atoms with Gasteiger partial charge in [0.15, 0.2) is 0 Å². The van der Waals surface area contributed by atoms with Crippen LogP contribution in [0.1, 0.15) is 31.2 Å². The number of rotatable bonds is 4. The highest BCUT2D eigenvalue weighted by Gasteiger charge is 2.34. The molecule has 2 amide bonds. The number of carbonyl (C=O) groups excluding carboxylic acids is 2. The maximum atomic E-state index is 13.4. The Hall–Kier alpha value is -1.95. The Bertz CT molecular complexity index is 614. The van der Waals surface area contributed by atoms with Gasteiger partial charge in [-0.1, -0.05) is 6.07 Å². The molecular weight excluding hydrogens is 299 g/mol. The first-order chi connectivity index (χ1) is 11.1. The molecule has 1 fully saturated rings. The average molecular weight is 320 g/mol. The third-order valence-electron chi connectivity index (χ3n) is 4.55. The third-order valence-corrected chi connectivity index (χ3v) is 4.55. The molecule has 0 aliphatic carbocycles. The molecule has 2 aliphatic rings. The van der Waals surface area contributed by atoms with E-state index in [9.17, 15) is 14.0 Å². The van der Waals surface area contributed by atoms with Gasteiger partial charge in [0.05, 0.1) is 12.5 Å². The van der Waals surface area contributed by atoms with E-state index in [0.717, 1.165) is 13.0 Å². The van der Waals surface area contributed by atoms with Crippen molar-refractivity contribution in [2.24, 2.45) is 5.92 Å². The summed E-state index contributed by atoms with van der Waals surface area (Å²) in [5, 5.41) is 2.65. The van der Waals surface area contributed by atoms with Gasteiger partial charge in [-0.2, -0.15) is 0 Å². The smallest absolute Gasteiger partial charge is 0.230 e. The van der Waals surface area contributed by atoms with E-state index in [1.807, 2.05) is 6.92 Å². The number of amides is 2. The summed E-state index contributed by atoms with van der Waals surface area (Å²) < 4.78 is 18.8. The van der Waals surface area contributed by atoms with Gasteiger partial charge in [0.1, 0.15) is 5.82 Å². The SMILES string of the molecule is CCN(C[C@H]1CCOC1)C(=O)[C@H]1CC(=O)Nc2cc(F)ccc21. The van der Waals surface area contributed by atoms with Crippen LogP contribution in [0.3, 0.4) is 0 Å². The fourth-order valence-corrected chi connectivity index (χ4v) is 3.29. The van der Waals surface area contributed by atoms with E-state index in [2.05, 4.69) is 5.32 Å². The molecule has 2 heterocycles. The molecule has 124 valence electrons. The number of anilines is 1. The van der Waals surface area contributed by atoms with Gasteiger partial charge in [-0.3, -0.25) is 9.59 Å². The van der Waals surface area contributed by atoms with Crippen molar-refractivity contribution < 1.29 is 18.7 Å². The minimum atomic E-state index is -0.540. The van der Waals surface area contributed by atoms with Crippen LogP contribution in [0.2, 0.25) is 0 Å². The molecule has 6 heteroatoms. The summed E-state index contributed by atoms with van der Waals surface area (Å²) in [6, 6.07) is 4.20. The number of nitrogens with one attached hydrogen (secondary N) is 1. The maximum absolute atomic E-state index is 13.4. The number of ether oxygens (including phenoxy) is 1. The second kappa shape index (κ2) is 6.66. The predicted octanol–water partition coefficient (Wildman–Crippen LogP) is 2.14. The molecule has 0 radical (unpaired) electrons. The lowest BCUT2D eigenvalue weighted by atomic mass is 9.89. The average Bonchev–Trinajstić information content (AvgIpc) is 3.03. The van der Waals surface area contributed by atoms with E-state index >= 15 is 0 Å². The lowest BCUT2D eigenvalue weighted by Gasteiger charge is -2.31. The summed E-state index contributed by atoms with van der Waals surface area (Å²) in [6.07, 6.45) is 1.06. The number of hydrogen-bond donors (Lipinski definition) is 1. The largest absolute Gasteiger partial charge is 0.381 e. The molecule has 5 nitrogen and oxygen atoms in total. The highest BCUT2D eigenvalue weighted by molar-refractivity contribution is 6.01. The van der Waals surface area contributed by atoms with Crippen LogP contribution in [0.4, 0.5) is 10.1 Å². The summed E-state index contributed by atoms with van der Waals surface area (Å²) in [5.41, 5.74) is 1.09. The summed E-state index contributed by atoms with van der Waals surface area (Å²) in [7, 11) is 0. The van der Waals surface area contributed by atoms with Crippen molar-refractivity contribution in [2.75, 3.05) is 31.6 Å². The lowest BCUT2D eigenvalue weighted by molar-refractivity contribution is -0.135. The molecule has 1 aromatic carbocycles. The van der Waals surface area contributed by atoms with Crippen LogP contribution in [-0.4, -0.2) is 43.0 Å². The van der Waals surface area contributed by atoms with Crippen molar-refractivity contribution in [1.82, 2.24) is 4.90 Å². The Morgan fingerprint density at radius 1 is 1.48 bits per heavy atom. The standard InChI is InChI=1S/C17H21FN2O3/c1-2-20(9-11-5-6-23-10-11)17(22)14-8-16(21)19-15-7-12(18)3-4-13(14)15/h3-4,7,11,14H,2,5-6,8-10H2,1H3,(H,19,21)/t11-,14+/m1/s1. The molecule has 0 bridgehead atoms. The van der Waals surface area contributed by atoms with Crippen molar-refractivity contribution >= 4 is 17.5 Å². The molecule has 0 spiro atoms. The van der Waals surface area contributed by atoms with Crippen molar-refractivity contribution in [3.05, 3.63) is 29.6 Å². The fraction of sp³-hybridized carbons (Fsp3) is 0.529. The number of nitrogens with zero attached hydrogens (tertiary/aromatic N) is 1. The van der Waals surface area contributed by atoms with E-state index in [0.29, 0.717) is 36.9 Å². The second-order valence-corrected chi connectivity index (χ2v) is 6.14. The number of carbonyl (C=O) groups is 2. The number of benzene rings is 1. The summed E-state index contributed by atoms with van der Waals surface area (Å²) in [6.45, 7) is 4.58. The normalized spacial score (nSPS) is 23.3. The summed E-state index contributed by atoms with van der Waals surface area (Å²) >= 11 is 0. The molecule has 23 heavy (non-hydrogen) atoms. The van der Waals surface area contributed by atoms with Crippen molar-refractivity contribution in [3.63, 3.8) is 0 Å². The highest BCUT2D eigenvalue weighted by atomic mass is 19.1. The van der Waals surface area contributed by atoms with Gasteiger partial charge in [-0.25, -0.2) is 4.39 Å². The van der Waals surface area contributed by atoms with Gasteiger partial charge in [0, 0.05) is 37.7 Å². The van der Waals surface area contributed by atoms with Gasteiger partial charge in [-0.05, 0) is 31.0 Å². The number of likely N-dealkylation sites (N-methyl/N-ethyl adjacent to an activating group) is 1. The minimum Gasteiger partial charge on any atom is -0.381 e. The number of hydrogen-bond acceptors (Lipinski definition) is 3. The van der Waals surface area contributed by atoms with Crippen LogP contribution < -0.4 is 5.32 Å². The van der Waals surface area contributed by atoms with E-state index in [1.165, 1.54) is 12.1 Å². The highest BCUT2D eigenvalue weighted by Crippen LogP contribution is 2.34. The Morgan fingerprint density at radius 2 is 2.30 bits per heavy atom. The van der Waals surface area contributed by atoms with Gasteiger partial charge < -0.3 is 15.0 Å². The van der Waals surface area contributed by atoms with Crippen molar-refractivity contribution in [1.29, 1.82) is 0 Å². The van der Waals surface area contributed by atoms with Crippen LogP contribution in [-0.2, 0) is 14.3 Å². The van der Waals surface area contributed by atoms with Gasteiger partial charge in [0.2, 0.25) is 11.8 Å². The Kier molecular flexibility index (Phi) is 4.61. The molecule has 1 saturated heterocycles. The lowest BCUT2D eigenvalue weighted by Crippen LogP contribution is -2.41. The van der Waals surface area contributed by atoms with Gasteiger partial charge in [-0.15, -0.1) is 0 Å². The summed E-state index contributed by atoms with van der Waals surface area (Å²) in [5.74, 6) is -0.929. The molecule has 1 aromatic rings. The first-order valence-corrected chi connectivity index (χ1v) is 8.04. The zero-order valence-electron chi connectivity index (χ0n) is 13.2. The van der Waals surface area contributed by atoms with E-state index in [4.69, 9.17) is 4.74 Å². The van der Waals surface area contributed by atoms with Crippen molar-refractivity contribution in [2.45, 2.75) is 25.7 Å². The first kappa shape index (κ1) is 15.9.